The molecule has 3 aromatic rings. The SMILES string of the molecule is CCCCNC(=O)C(CC)N(CCc1ccccc1)C(=O)CN(c1ccc(F)cc1)S(=O)(=O)c1ccc(C)cc1. The van der Waals surface area contributed by atoms with Gasteiger partial charge in [-0.05, 0) is 68.1 Å². The van der Waals surface area contributed by atoms with Crippen molar-refractivity contribution in [1.82, 2.24) is 10.2 Å². The van der Waals surface area contributed by atoms with Crippen LogP contribution in [0.15, 0.2) is 83.8 Å². The van der Waals surface area contributed by atoms with Gasteiger partial charge >= 0.3 is 0 Å². The third-order valence-corrected chi connectivity index (χ3v) is 8.49. The minimum Gasteiger partial charge on any atom is -0.354 e. The first kappa shape index (κ1) is 30.8. The van der Waals surface area contributed by atoms with E-state index < -0.39 is 34.3 Å². The summed E-state index contributed by atoms with van der Waals surface area (Å²) in [6.45, 7) is 5.87. The molecule has 0 saturated carbocycles. The van der Waals surface area contributed by atoms with Gasteiger partial charge in [0, 0.05) is 13.1 Å². The van der Waals surface area contributed by atoms with E-state index in [9.17, 15) is 22.4 Å². The Hall–Kier alpha value is -3.72. The normalized spacial score (nSPS) is 12.0. The second-order valence-corrected chi connectivity index (χ2v) is 11.6. The van der Waals surface area contributed by atoms with Gasteiger partial charge < -0.3 is 10.2 Å². The van der Waals surface area contributed by atoms with E-state index in [-0.39, 0.29) is 23.0 Å². The number of carbonyl (C=O) groups is 2. The van der Waals surface area contributed by atoms with E-state index in [0.29, 0.717) is 19.4 Å². The lowest BCUT2D eigenvalue weighted by Crippen LogP contribution is -2.53. The molecule has 214 valence electrons. The zero-order valence-corrected chi connectivity index (χ0v) is 24.2. The number of nitrogens with zero attached hydrogens (tertiary/aromatic N) is 2. The highest BCUT2D eigenvalue weighted by molar-refractivity contribution is 7.92. The number of carbonyl (C=O) groups excluding carboxylic acids is 2. The standard InChI is InChI=1S/C31H38FN3O4S/c1-4-6-21-33-31(37)29(5-2)34(22-20-25-10-8-7-9-11-25)30(36)23-35(27-16-14-26(32)15-17-27)40(38,39)28-18-12-24(3)13-19-28/h7-19,29H,4-6,20-23H2,1-3H3,(H,33,37). The highest BCUT2D eigenvalue weighted by Gasteiger charge is 2.33. The molecule has 0 bridgehead atoms. The van der Waals surface area contributed by atoms with Crippen LogP contribution >= 0.6 is 0 Å². The molecule has 0 heterocycles. The van der Waals surface area contributed by atoms with Crippen molar-refractivity contribution < 1.29 is 22.4 Å². The Labute approximate surface area is 237 Å². The molecular weight excluding hydrogens is 529 g/mol. The van der Waals surface area contributed by atoms with Crippen LogP contribution in [-0.2, 0) is 26.0 Å². The van der Waals surface area contributed by atoms with Crippen LogP contribution in [0.1, 0.15) is 44.2 Å². The molecule has 7 nitrogen and oxygen atoms in total. The van der Waals surface area contributed by atoms with Gasteiger partial charge in [-0.25, -0.2) is 12.8 Å². The van der Waals surface area contributed by atoms with Crippen molar-refractivity contribution in [3.05, 3.63) is 95.8 Å². The number of aryl methyl sites for hydroxylation is 1. The Bertz CT molecular complexity index is 1350. The van der Waals surface area contributed by atoms with Crippen molar-refractivity contribution in [1.29, 1.82) is 0 Å². The maximum absolute atomic E-state index is 13.9. The first-order valence-corrected chi connectivity index (χ1v) is 15.1. The molecule has 0 aliphatic rings. The lowest BCUT2D eigenvalue weighted by Gasteiger charge is -2.33. The monoisotopic (exact) mass is 567 g/mol. The van der Waals surface area contributed by atoms with Gasteiger partial charge in [0.05, 0.1) is 10.6 Å². The van der Waals surface area contributed by atoms with Crippen LogP contribution in [0.25, 0.3) is 0 Å². The number of hydrogen-bond donors (Lipinski definition) is 1. The van der Waals surface area contributed by atoms with Crippen molar-refractivity contribution in [2.24, 2.45) is 0 Å². The molecule has 1 N–H and O–H groups in total. The van der Waals surface area contributed by atoms with E-state index in [4.69, 9.17) is 0 Å². The topological polar surface area (TPSA) is 86.8 Å². The average Bonchev–Trinajstić information content (AvgIpc) is 2.95. The maximum Gasteiger partial charge on any atom is 0.264 e. The Morgan fingerprint density at radius 2 is 1.57 bits per heavy atom. The molecule has 2 amide bonds. The molecule has 1 unspecified atom stereocenters. The highest BCUT2D eigenvalue weighted by Crippen LogP contribution is 2.25. The Morgan fingerprint density at radius 3 is 2.17 bits per heavy atom. The van der Waals surface area contributed by atoms with Crippen LogP contribution in [0.3, 0.4) is 0 Å². The number of anilines is 1. The van der Waals surface area contributed by atoms with E-state index in [2.05, 4.69) is 5.32 Å². The Morgan fingerprint density at radius 1 is 0.925 bits per heavy atom. The molecule has 0 saturated heterocycles. The van der Waals surface area contributed by atoms with E-state index in [1.165, 1.54) is 29.2 Å². The van der Waals surface area contributed by atoms with Crippen LogP contribution in [0, 0.1) is 12.7 Å². The molecule has 3 rings (SSSR count). The van der Waals surface area contributed by atoms with Crippen LogP contribution in [-0.4, -0.2) is 50.8 Å². The van der Waals surface area contributed by atoms with Crippen molar-refractivity contribution >= 4 is 27.5 Å². The van der Waals surface area contributed by atoms with Gasteiger partial charge in [0.2, 0.25) is 11.8 Å². The van der Waals surface area contributed by atoms with Crippen LogP contribution < -0.4 is 9.62 Å². The van der Waals surface area contributed by atoms with E-state index in [1.54, 1.807) is 12.1 Å². The van der Waals surface area contributed by atoms with E-state index >= 15 is 0 Å². The zero-order chi connectivity index (χ0) is 29.1. The number of sulfonamides is 1. The first-order chi connectivity index (χ1) is 19.2. The molecule has 1 atom stereocenters. The number of benzene rings is 3. The van der Waals surface area contributed by atoms with Gasteiger partial charge in [0.25, 0.3) is 10.0 Å². The van der Waals surface area contributed by atoms with Gasteiger partial charge in [0.1, 0.15) is 18.4 Å². The number of amides is 2. The zero-order valence-electron chi connectivity index (χ0n) is 23.3. The third kappa shape index (κ3) is 8.14. The van der Waals surface area contributed by atoms with Crippen molar-refractivity contribution in [3.63, 3.8) is 0 Å². The number of unbranched alkanes of at least 4 members (excludes halogenated alkanes) is 1. The second-order valence-electron chi connectivity index (χ2n) is 9.69. The summed E-state index contributed by atoms with van der Waals surface area (Å²) in [5.41, 5.74) is 2.03. The molecule has 0 fully saturated rings. The molecule has 0 aliphatic heterocycles. The van der Waals surface area contributed by atoms with Gasteiger partial charge in [-0.1, -0.05) is 68.3 Å². The summed E-state index contributed by atoms with van der Waals surface area (Å²) in [5, 5.41) is 2.91. The van der Waals surface area contributed by atoms with E-state index in [0.717, 1.165) is 40.4 Å². The molecule has 40 heavy (non-hydrogen) atoms. The van der Waals surface area contributed by atoms with Crippen molar-refractivity contribution in [2.75, 3.05) is 23.9 Å². The first-order valence-electron chi connectivity index (χ1n) is 13.6. The minimum absolute atomic E-state index is 0.00964. The summed E-state index contributed by atoms with van der Waals surface area (Å²) in [4.78, 5) is 28.6. The number of hydrogen-bond acceptors (Lipinski definition) is 4. The number of rotatable bonds is 14. The smallest absolute Gasteiger partial charge is 0.264 e. The molecule has 0 aliphatic carbocycles. The quantitative estimate of drug-likeness (QED) is 0.275. The molecular formula is C31H38FN3O4S. The van der Waals surface area contributed by atoms with Crippen molar-refractivity contribution in [3.8, 4) is 0 Å². The summed E-state index contributed by atoms with van der Waals surface area (Å²) in [6.07, 6.45) is 2.58. The summed E-state index contributed by atoms with van der Waals surface area (Å²) in [5.74, 6) is -1.32. The molecule has 9 heteroatoms. The van der Waals surface area contributed by atoms with Crippen LogP contribution in [0.4, 0.5) is 10.1 Å². The summed E-state index contributed by atoms with van der Waals surface area (Å²) >= 11 is 0. The van der Waals surface area contributed by atoms with Gasteiger partial charge in [-0.15, -0.1) is 0 Å². The second kappa shape index (κ2) is 14.6. The molecule has 3 aromatic carbocycles. The summed E-state index contributed by atoms with van der Waals surface area (Å²) < 4.78 is 42.3. The van der Waals surface area contributed by atoms with Crippen LogP contribution in [0.2, 0.25) is 0 Å². The fraction of sp³-hybridized carbons (Fsp3) is 0.355. The van der Waals surface area contributed by atoms with Crippen molar-refractivity contribution in [2.45, 2.75) is 57.4 Å². The van der Waals surface area contributed by atoms with Gasteiger partial charge in [-0.2, -0.15) is 0 Å². The maximum atomic E-state index is 13.9. The lowest BCUT2D eigenvalue weighted by atomic mass is 10.1. The van der Waals surface area contributed by atoms with Crippen LogP contribution in [0.5, 0.6) is 0 Å². The lowest BCUT2D eigenvalue weighted by molar-refractivity contribution is -0.139. The predicted molar refractivity (Wildman–Crippen MR) is 156 cm³/mol. The van der Waals surface area contributed by atoms with Gasteiger partial charge in [-0.3, -0.25) is 13.9 Å². The third-order valence-electron chi connectivity index (χ3n) is 6.70. The number of nitrogens with one attached hydrogen (secondary N) is 1. The molecule has 0 spiro atoms. The summed E-state index contributed by atoms with van der Waals surface area (Å²) in [7, 11) is -4.19. The predicted octanol–water partition coefficient (Wildman–Crippen LogP) is 5.10. The Balaban J connectivity index is 1.97. The Kier molecular flexibility index (Phi) is 11.3. The molecule has 0 radical (unpaired) electrons. The highest BCUT2D eigenvalue weighted by atomic mass is 32.2. The fourth-order valence-electron chi connectivity index (χ4n) is 4.38. The molecule has 0 aromatic heterocycles. The van der Waals surface area contributed by atoms with E-state index in [1.807, 2.05) is 51.1 Å². The summed E-state index contributed by atoms with van der Waals surface area (Å²) in [6, 6.07) is 20.1. The largest absolute Gasteiger partial charge is 0.354 e. The average molecular weight is 568 g/mol. The van der Waals surface area contributed by atoms with Gasteiger partial charge in [0.15, 0.2) is 0 Å². The fourth-order valence-corrected chi connectivity index (χ4v) is 5.79. The number of halogens is 1. The minimum atomic E-state index is -4.19.